The highest BCUT2D eigenvalue weighted by atomic mass is 35.5. The zero-order valence-corrected chi connectivity index (χ0v) is 14.1. The van der Waals surface area contributed by atoms with E-state index in [0.717, 1.165) is 25.6 Å². The predicted octanol–water partition coefficient (Wildman–Crippen LogP) is 2.38. The van der Waals surface area contributed by atoms with Crippen LogP contribution in [-0.4, -0.2) is 48.5 Å². The fourth-order valence-electron chi connectivity index (χ4n) is 2.82. The number of nitrogens with one attached hydrogen (secondary N) is 2. The summed E-state index contributed by atoms with van der Waals surface area (Å²) in [5, 5.41) is 6.62. The Hall–Kier alpha value is -1.17. The van der Waals surface area contributed by atoms with Gasteiger partial charge in [0.15, 0.2) is 0 Å². The number of anilines is 1. The van der Waals surface area contributed by atoms with E-state index in [9.17, 15) is 4.79 Å². The van der Waals surface area contributed by atoms with Gasteiger partial charge in [0.2, 0.25) is 5.91 Å². The van der Waals surface area contributed by atoms with E-state index in [-0.39, 0.29) is 11.9 Å². The van der Waals surface area contributed by atoms with Crippen molar-refractivity contribution < 1.29 is 4.79 Å². The van der Waals surface area contributed by atoms with Crippen molar-refractivity contribution in [3.05, 3.63) is 23.4 Å². The van der Waals surface area contributed by atoms with Crippen molar-refractivity contribution in [2.45, 2.75) is 32.2 Å². The summed E-state index contributed by atoms with van der Waals surface area (Å²) in [6, 6.07) is 3.31. The summed E-state index contributed by atoms with van der Waals surface area (Å²) in [7, 11) is 1.99. The summed E-state index contributed by atoms with van der Waals surface area (Å²) in [6.07, 6.45) is 5.09. The number of hydrogen-bond donors (Lipinski definition) is 2. The Kier molecular flexibility index (Phi) is 6.61. The number of nitrogens with zero attached hydrogens (tertiary/aromatic N) is 2. The molecule has 1 saturated heterocycles. The van der Waals surface area contributed by atoms with Gasteiger partial charge >= 0.3 is 0 Å². The molecule has 6 heteroatoms. The first-order valence-electron chi connectivity index (χ1n) is 7.91. The van der Waals surface area contributed by atoms with Crippen LogP contribution in [0.5, 0.6) is 0 Å². The molecule has 5 nitrogen and oxygen atoms in total. The molecule has 0 aromatic carbocycles. The number of piperidine rings is 1. The number of aromatic nitrogens is 1. The number of likely N-dealkylation sites (tertiary alicyclic amines) is 1. The monoisotopic (exact) mass is 324 g/mol. The standard InChI is InChI=1S/C16H25ClN4O/c1-12(16(22)20-15-4-3-14(17)11-19-15)21-9-6-13(7-10-21)5-8-18-2/h3-4,11-13,18H,5-10H2,1-2H3,(H,19,20,22). The Bertz CT molecular complexity index is 472. The Morgan fingerprint density at radius 3 is 2.77 bits per heavy atom. The smallest absolute Gasteiger partial charge is 0.242 e. The van der Waals surface area contributed by atoms with Crippen molar-refractivity contribution in [2.75, 3.05) is 32.0 Å². The molecule has 2 heterocycles. The maximum atomic E-state index is 12.3. The van der Waals surface area contributed by atoms with E-state index in [1.807, 2.05) is 14.0 Å². The molecule has 1 aliphatic rings. The maximum Gasteiger partial charge on any atom is 0.242 e. The second-order valence-electron chi connectivity index (χ2n) is 5.90. The van der Waals surface area contributed by atoms with Crippen molar-refractivity contribution >= 4 is 23.3 Å². The lowest BCUT2D eigenvalue weighted by Crippen LogP contribution is -2.46. The average molecular weight is 325 g/mol. The largest absolute Gasteiger partial charge is 0.320 e. The first-order chi connectivity index (χ1) is 10.6. The lowest BCUT2D eigenvalue weighted by molar-refractivity contribution is -0.121. The van der Waals surface area contributed by atoms with E-state index in [0.29, 0.717) is 10.8 Å². The highest BCUT2D eigenvalue weighted by Crippen LogP contribution is 2.22. The van der Waals surface area contributed by atoms with Crippen LogP contribution in [0.3, 0.4) is 0 Å². The van der Waals surface area contributed by atoms with Gasteiger partial charge in [-0.1, -0.05) is 11.6 Å². The third-order valence-electron chi connectivity index (χ3n) is 4.36. The van der Waals surface area contributed by atoms with Gasteiger partial charge in [0.05, 0.1) is 11.1 Å². The van der Waals surface area contributed by atoms with E-state index in [1.165, 1.54) is 25.5 Å². The number of rotatable bonds is 6. The summed E-state index contributed by atoms with van der Waals surface area (Å²) in [6.45, 7) is 5.00. The summed E-state index contributed by atoms with van der Waals surface area (Å²) in [5.41, 5.74) is 0. The van der Waals surface area contributed by atoms with Gasteiger partial charge in [-0.05, 0) is 70.9 Å². The van der Waals surface area contributed by atoms with Crippen LogP contribution in [0.2, 0.25) is 5.02 Å². The second-order valence-corrected chi connectivity index (χ2v) is 6.33. The first kappa shape index (κ1) is 17.2. The molecule has 1 amide bonds. The van der Waals surface area contributed by atoms with Gasteiger partial charge in [-0.2, -0.15) is 0 Å². The molecule has 1 unspecified atom stereocenters. The van der Waals surface area contributed by atoms with Crippen molar-refractivity contribution in [3.63, 3.8) is 0 Å². The van der Waals surface area contributed by atoms with Gasteiger partial charge in [-0.3, -0.25) is 9.69 Å². The van der Waals surface area contributed by atoms with Crippen LogP contribution in [0.1, 0.15) is 26.2 Å². The van der Waals surface area contributed by atoms with Crippen LogP contribution in [0, 0.1) is 5.92 Å². The van der Waals surface area contributed by atoms with Crippen LogP contribution < -0.4 is 10.6 Å². The SMILES string of the molecule is CNCCC1CCN(C(C)C(=O)Nc2ccc(Cl)cn2)CC1. The van der Waals surface area contributed by atoms with Crippen LogP contribution in [-0.2, 0) is 4.79 Å². The Labute approximate surface area is 137 Å². The number of amides is 1. The molecular weight excluding hydrogens is 300 g/mol. The van der Waals surface area contributed by atoms with E-state index >= 15 is 0 Å². The maximum absolute atomic E-state index is 12.3. The molecule has 22 heavy (non-hydrogen) atoms. The normalized spacial score (nSPS) is 18.1. The highest BCUT2D eigenvalue weighted by molar-refractivity contribution is 6.30. The number of carbonyl (C=O) groups excluding carboxylic acids is 1. The van der Waals surface area contributed by atoms with Crippen molar-refractivity contribution in [2.24, 2.45) is 5.92 Å². The van der Waals surface area contributed by atoms with Crippen molar-refractivity contribution in [3.8, 4) is 0 Å². The number of halogens is 1. The molecule has 1 atom stereocenters. The minimum Gasteiger partial charge on any atom is -0.320 e. The van der Waals surface area contributed by atoms with E-state index < -0.39 is 0 Å². The van der Waals surface area contributed by atoms with Gasteiger partial charge in [-0.25, -0.2) is 4.98 Å². The molecule has 2 N–H and O–H groups in total. The number of pyridine rings is 1. The zero-order chi connectivity index (χ0) is 15.9. The molecule has 1 aliphatic heterocycles. The molecule has 0 spiro atoms. The lowest BCUT2D eigenvalue weighted by atomic mass is 9.93. The minimum absolute atomic E-state index is 0.0107. The fraction of sp³-hybridized carbons (Fsp3) is 0.625. The topological polar surface area (TPSA) is 57.3 Å². The van der Waals surface area contributed by atoms with Gasteiger partial charge in [0.25, 0.3) is 0 Å². The Morgan fingerprint density at radius 1 is 1.45 bits per heavy atom. The van der Waals surface area contributed by atoms with Crippen molar-refractivity contribution in [1.29, 1.82) is 0 Å². The predicted molar refractivity (Wildman–Crippen MR) is 90.2 cm³/mol. The van der Waals surface area contributed by atoms with Gasteiger partial charge in [0, 0.05) is 6.20 Å². The summed E-state index contributed by atoms with van der Waals surface area (Å²) in [4.78, 5) is 18.7. The molecule has 1 aromatic heterocycles. The highest BCUT2D eigenvalue weighted by Gasteiger charge is 2.26. The zero-order valence-electron chi connectivity index (χ0n) is 13.3. The van der Waals surface area contributed by atoms with E-state index in [1.54, 1.807) is 12.1 Å². The van der Waals surface area contributed by atoms with E-state index in [4.69, 9.17) is 11.6 Å². The summed E-state index contributed by atoms with van der Waals surface area (Å²) >= 11 is 5.79. The molecule has 0 bridgehead atoms. The molecule has 2 rings (SSSR count). The molecule has 0 saturated carbocycles. The van der Waals surface area contributed by atoms with Gasteiger partial charge in [0.1, 0.15) is 5.82 Å². The number of carbonyl (C=O) groups is 1. The Morgan fingerprint density at radius 2 is 2.18 bits per heavy atom. The molecular formula is C16H25ClN4O. The van der Waals surface area contributed by atoms with Crippen LogP contribution in [0.15, 0.2) is 18.3 Å². The summed E-state index contributed by atoms with van der Waals surface area (Å²) < 4.78 is 0. The quantitative estimate of drug-likeness (QED) is 0.843. The minimum atomic E-state index is -0.136. The Balaban J connectivity index is 1.80. The fourth-order valence-corrected chi connectivity index (χ4v) is 2.94. The molecule has 122 valence electrons. The van der Waals surface area contributed by atoms with Gasteiger partial charge in [-0.15, -0.1) is 0 Å². The molecule has 1 fully saturated rings. The number of hydrogen-bond acceptors (Lipinski definition) is 4. The van der Waals surface area contributed by atoms with Crippen LogP contribution in [0.4, 0.5) is 5.82 Å². The molecule has 1 aromatic rings. The van der Waals surface area contributed by atoms with Crippen LogP contribution in [0.25, 0.3) is 0 Å². The third-order valence-corrected chi connectivity index (χ3v) is 4.58. The molecule has 0 radical (unpaired) electrons. The van der Waals surface area contributed by atoms with Crippen molar-refractivity contribution in [1.82, 2.24) is 15.2 Å². The first-order valence-corrected chi connectivity index (χ1v) is 8.29. The average Bonchev–Trinajstić information content (AvgIpc) is 2.55. The van der Waals surface area contributed by atoms with Gasteiger partial charge < -0.3 is 10.6 Å². The third kappa shape index (κ3) is 4.93. The lowest BCUT2D eigenvalue weighted by Gasteiger charge is -2.35. The second kappa shape index (κ2) is 8.46. The van der Waals surface area contributed by atoms with Crippen LogP contribution >= 0.6 is 11.6 Å². The van der Waals surface area contributed by atoms with E-state index in [2.05, 4.69) is 20.5 Å². The molecule has 0 aliphatic carbocycles. The summed E-state index contributed by atoms with van der Waals surface area (Å²) in [5.74, 6) is 1.31.